The summed E-state index contributed by atoms with van der Waals surface area (Å²) in [6.07, 6.45) is 1.54. The van der Waals surface area contributed by atoms with Gasteiger partial charge in [0.05, 0.1) is 0 Å². The van der Waals surface area contributed by atoms with E-state index in [0.29, 0.717) is 19.0 Å². The number of hydrogen-bond donors (Lipinski definition) is 0. The lowest BCUT2D eigenvalue weighted by molar-refractivity contribution is -0.136. The highest BCUT2D eigenvalue weighted by atomic mass is 16.2. The molecule has 1 aliphatic heterocycles. The number of rotatable bonds is 7. The maximum Gasteiger partial charge on any atom is 0.222 e. The lowest BCUT2D eigenvalue weighted by Gasteiger charge is -2.39. The lowest BCUT2D eigenvalue weighted by Crippen LogP contribution is -2.49. The van der Waals surface area contributed by atoms with Crippen molar-refractivity contribution in [3.8, 4) is 0 Å². The van der Waals surface area contributed by atoms with E-state index < -0.39 is 0 Å². The normalized spacial score (nSPS) is 16.9. The fourth-order valence-electron chi connectivity index (χ4n) is 4.10. The van der Waals surface area contributed by atoms with Gasteiger partial charge in [-0.05, 0) is 23.1 Å². The second-order valence-corrected chi connectivity index (χ2v) is 7.83. The summed E-state index contributed by atoms with van der Waals surface area (Å²) < 4.78 is 0. The Morgan fingerprint density at radius 1 is 0.724 bits per heavy atom. The topological polar surface area (TPSA) is 23.6 Å². The molecule has 1 amide bonds. The molecule has 1 aliphatic rings. The van der Waals surface area contributed by atoms with Crippen LogP contribution in [0.25, 0.3) is 0 Å². The third kappa shape index (κ3) is 5.33. The summed E-state index contributed by atoms with van der Waals surface area (Å²) in [5, 5.41) is 0. The second-order valence-electron chi connectivity index (χ2n) is 7.83. The molecule has 1 atom stereocenters. The number of hydrogen-bond acceptors (Lipinski definition) is 2. The van der Waals surface area contributed by atoms with Crippen LogP contribution < -0.4 is 0 Å². The maximum atomic E-state index is 12.6. The third-order valence-electron chi connectivity index (χ3n) is 5.66. The van der Waals surface area contributed by atoms with Crippen molar-refractivity contribution < 1.29 is 4.79 Å². The van der Waals surface area contributed by atoms with Crippen molar-refractivity contribution in [2.75, 3.05) is 6.54 Å². The Morgan fingerprint density at radius 2 is 1.21 bits per heavy atom. The zero-order valence-corrected chi connectivity index (χ0v) is 16.8. The minimum absolute atomic E-state index is 0.268. The van der Waals surface area contributed by atoms with Crippen molar-refractivity contribution in [1.29, 1.82) is 0 Å². The molecule has 0 aromatic heterocycles. The molecule has 0 saturated carbocycles. The van der Waals surface area contributed by atoms with Crippen molar-refractivity contribution in [2.24, 2.45) is 0 Å². The molecule has 0 N–H and O–H groups in total. The first-order valence-electron chi connectivity index (χ1n) is 10.4. The quantitative estimate of drug-likeness (QED) is 0.580. The number of carbonyl (C=O) groups excluding carboxylic acids is 1. The van der Waals surface area contributed by atoms with Gasteiger partial charge in [-0.15, -0.1) is 0 Å². The summed E-state index contributed by atoms with van der Waals surface area (Å²) in [7, 11) is 0. The molecule has 29 heavy (non-hydrogen) atoms. The van der Waals surface area contributed by atoms with E-state index in [-0.39, 0.29) is 5.91 Å². The van der Waals surface area contributed by atoms with Crippen molar-refractivity contribution in [3.63, 3.8) is 0 Å². The summed E-state index contributed by atoms with van der Waals surface area (Å²) in [4.78, 5) is 17.2. The Kier molecular flexibility index (Phi) is 6.38. The van der Waals surface area contributed by atoms with Gasteiger partial charge in [0.1, 0.15) is 0 Å². The zero-order chi connectivity index (χ0) is 19.9. The highest BCUT2D eigenvalue weighted by molar-refractivity contribution is 5.77. The van der Waals surface area contributed by atoms with Gasteiger partial charge in [-0.25, -0.2) is 0 Å². The van der Waals surface area contributed by atoms with Gasteiger partial charge in [0, 0.05) is 38.6 Å². The van der Waals surface area contributed by atoms with Crippen LogP contribution in [-0.2, 0) is 24.4 Å². The van der Waals surface area contributed by atoms with Crippen LogP contribution in [0.1, 0.15) is 29.5 Å². The number of piperidine rings is 1. The van der Waals surface area contributed by atoms with Crippen LogP contribution in [0.5, 0.6) is 0 Å². The fourth-order valence-corrected chi connectivity index (χ4v) is 4.10. The highest BCUT2D eigenvalue weighted by Gasteiger charge is 2.29. The SMILES string of the molecule is O=C1CC[C@H](N(Cc2ccccc2)Cc2ccccc2)CN1Cc1ccccc1. The predicted molar refractivity (Wildman–Crippen MR) is 117 cm³/mol. The van der Waals surface area contributed by atoms with Gasteiger partial charge in [-0.1, -0.05) is 91.0 Å². The smallest absolute Gasteiger partial charge is 0.222 e. The summed E-state index contributed by atoms with van der Waals surface area (Å²) in [5.74, 6) is 0.268. The Balaban J connectivity index is 1.51. The van der Waals surface area contributed by atoms with Crippen LogP contribution in [-0.4, -0.2) is 28.3 Å². The van der Waals surface area contributed by atoms with E-state index in [1.54, 1.807) is 0 Å². The second kappa shape index (κ2) is 9.53. The predicted octanol–water partition coefficient (Wildman–Crippen LogP) is 4.88. The Labute approximate surface area is 173 Å². The Hall–Kier alpha value is -2.91. The van der Waals surface area contributed by atoms with Crippen LogP contribution in [0.2, 0.25) is 0 Å². The molecule has 0 spiro atoms. The largest absolute Gasteiger partial charge is 0.337 e. The monoisotopic (exact) mass is 384 g/mol. The molecule has 3 heteroatoms. The van der Waals surface area contributed by atoms with E-state index in [1.165, 1.54) is 16.7 Å². The van der Waals surface area contributed by atoms with E-state index in [2.05, 4.69) is 77.7 Å². The minimum Gasteiger partial charge on any atom is -0.337 e. The first-order valence-corrected chi connectivity index (χ1v) is 10.4. The molecule has 3 aromatic rings. The standard InChI is InChI=1S/C26H28N2O/c29-26-17-16-25(21-28(26)20-24-14-8-3-9-15-24)27(18-22-10-4-1-5-11-22)19-23-12-6-2-7-13-23/h1-15,25H,16-21H2/t25-/m0/s1. The number of carbonyl (C=O) groups is 1. The molecule has 1 saturated heterocycles. The number of nitrogens with zero attached hydrogens (tertiary/aromatic N) is 2. The summed E-state index contributed by atoms with van der Waals surface area (Å²) in [6, 6.07) is 31.9. The van der Waals surface area contributed by atoms with Crippen molar-refractivity contribution >= 4 is 5.91 Å². The molecular weight excluding hydrogens is 356 g/mol. The summed E-state index contributed by atoms with van der Waals surface area (Å²) >= 11 is 0. The van der Waals surface area contributed by atoms with Crippen LogP contribution in [0.4, 0.5) is 0 Å². The maximum absolute atomic E-state index is 12.6. The van der Waals surface area contributed by atoms with Gasteiger partial charge < -0.3 is 4.90 Å². The van der Waals surface area contributed by atoms with Crippen LogP contribution in [0, 0.1) is 0 Å². The number of likely N-dealkylation sites (tertiary alicyclic amines) is 1. The average Bonchev–Trinajstić information content (AvgIpc) is 2.77. The van der Waals surface area contributed by atoms with Gasteiger partial charge in [0.15, 0.2) is 0 Å². The van der Waals surface area contributed by atoms with Gasteiger partial charge in [-0.3, -0.25) is 9.69 Å². The Morgan fingerprint density at radius 3 is 1.72 bits per heavy atom. The highest BCUT2D eigenvalue weighted by Crippen LogP contribution is 2.23. The fraction of sp³-hybridized carbons (Fsp3) is 0.269. The number of benzene rings is 3. The van der Waals surface area contributed by atoms with Crippen molar-refractivity contribution in [1.82, 2.24) is 9.80 Å². The molecule has 4 rings (SSSR count). The molecule has 0 radical (unpaired) electrons. The third-order valence-corrected chi connectivity index (χ3v) is 5.66. The molecule has 0 bridgehead atoms. The van der Waals surface area contributed by atoms with Gasteiger partial charge in [0.2, 0.25) is 5.91 Å². The van der Waals surface area contributed by atoms with Crippen molar-refractivity contribution in [2.45, 2.75) is 38.5 Å². The van der Waals surface area contributed by atoms with Gasteiger partial charge >= 0.3 is 0 Å². The van der Waals surface area contributed by atoms with Crippen LogP contribution >= 0.6 is 0 Å². The average molecular weight is 385 g/mol. The zero-order valence-electron chi connectivity index (χ0n) is 16.8. The lowest BCUT2D eigenvalue weighted by atomic mass is 10.0. The van der Waals surface area contributed by atoms with E-state index in [9.17, 15) is 4.79 Å². The van der Waals surface area contributed by atoms with Crippen molar-refractivity contribution in [3.05, 3.63) is 108 Å². The first kappa shape index (κ1) is 19.4. The van der Waals surface area contributed by atoms with Gasteiger partial charge in [-0.2, -0.15) is 0 Å². The molecule has 1 heterocycles. The number of amides is 1. The molecular formula is C26H28N2O. The van der Waals surface area contributed by atoms with E-state index in [0.717, 1.165) is 26.1 Å². The summed E-state index contributed by atoms with van der Waals surface area (Å²) in [5.41, 5.74) is 3.82. The van der Waals surface area contributed by atoms with E-state index in [1.807, 2.05) is 23.1 Å². The molecule has 0 aliphatic carbocycles. The first-order chi connectivity index (χ1) is 14.3. The molecule has 3 aromatic carbocycles. The van der Waals surface area contributed by atoms with E-state index in [4.69, 9.17) is 0 Å². The van der Waals surface area contributed by atoms with E-state index >= 15 is 0 Å². The Bertz CT molecular complexity index is 854. The van der Waals surface area contributed by atoms with Gasteiger partial charge in [0.25, 0.3) is 0 Å². The molecule has 148 valence electrons. The molecule has 1 fully saturated rings. The van der Waals surface area contributed by atoms with Crippen LogP contribution in [0.15, 0.2) is 91.0 Å². The van der Waals surface area contributed by atoms with Crippen LogP contribution in [0.3, 0.4) is 0 Å². The molecule has 0 unspecified atom stereocenters. The molecule has 3 nitrogen and oxygen atoms in total. The minimum atomic E-state index is 0.268. The summed E-state index contributed by atoms with van der Waals surface area (Å²) in [6.45, 7) is 3.27.